The Hall–Kier alpha value is -0.390. The van der Waals surface area contributed by atoms with Gasteiger partial charge >= 0.3 is 0 Å². The number of ether oxygens (including phenoxy) is 1. The third kappa shape index (κ3) is 3.38. The molecule has 1 atom stereocenters. The van der Waals surface area contributed by atoms with Crippen LogP contribution in [0.25, 0.3) is 0 Å². The van der Waals surface area contributed by atoms with Gasteiger partial charge in [0.1, 0.15) is 11.6 Å². The van der Waals surface area contributed by atoms with Gasteiger partial charge in [0.05, 0.1) is 11.9 Å². The Morgan fingerprint density at radius 3 is 2.42 bits per heavy atom. The summed E-state index contributed by atoms with van der Waals surface area (Å²) in [6, 6.07) is 10.4. The van der Waals surface area contributed by atoms with E-state index in [9.17, 15) is 4.39 Å². The van der Waals surface area contributed by atoms with Crippen LogP contribution >= 0.6 is 47.8 Å². The van der Waals surface area contributed by atoms with Crippen molar-refractivity contribution in [2.75, 3.05) is 7.11 Å². The predicted molar refractivity (Wildman–Crippen MR) is 85.6 cm³/mol. The topological polar surface area (TPSA) is 9.23 Å². The van der Waals surface area contributed by atoms with Crippen LogP contribution in [-0.4, -0.2) is 7.11 Å². The summed E-state index contributed by atoms with van der Waals surface area (Å²) in [5.41, 5.74) is 1.92. The van der Waals surface area contributed by atoms with Gasteiger partial charge in [-0.15, -0.1) is 0 Å². The fourth-order valence-electron chi connectivity index (χ4n) is 1.78. The molecule has 0 aliphatic carbocycles. The maximum Gasteiger partial charge on any atom is 0.124 e. The molecule has 1 unspecified atom stereocenters. The first-order valence-electron chi connectivity index (χ1n) is 5.45. The quantitative estimate of drug-likeness (QED) is 0.531. The van der Waals surface area contributed by atoms with Gasteiger partial charge in [-0.05, 0) is 35.9 Å². The van der Waals surface area contributed by atoms with Gasteiger partial charge < -0.3 is 4.74 Å². The first-order valence-corrected chi connectivity index (χ1v) is 7.95. The van der Waals surface area contributed by atoms with Crippen LogP contribution in [0.2, 0.25) is 0 Å². The van der Waals surface area contributed by atoms with E-state index in [4.69, 9.17) is 4.74 Å². The molecular weight excluding hydrogens is 443 g/mol. The third-order valence-corrected chi connectivity index (χ3v) is 4.87. The lowest BCUT2D eigenvalue weighted by Gasteiger charge is -2.16. The van der Waals surface area contributed by atoms with Gasteiger partial charge in [-0.2, -0.15) is 0 Å². The Bertz CT molecular complexity index is 601. The second-order valence-corrected chi connectivity index (χ2v) is 6.60. The zero-order valence-corrected chi connectivity index (χ0v) is 14.7. The highest BCUT2D eigenvalue weighted by atomic mass is 79.9. The van der Waals surface area contributed by atoms with Gasteiger partial charge in [-0.1, -0.05) is 53.9 Å². The summed E-state index contributed by atoms with van der Waals surface area (Å²) >= 11 is 10.5. The number of halogens is 4. The number of rotatable bonds is 3. The van der Waals surface area contributed by atoms with Crippen LogP contribution in [0.1, 0.15) is 16.0 Å². The van der Waals surface area contributed by atoms with Crippen LogP contribution in [-0.2, 0) is 0 Å². The van der Waals surface area contributed by atoms with Crippen molar-refractivity contribution in [1.82, 2.24) is 0 Å². The van der Waals surface area contributed by atoms with Crippen LogP contribution in [0.3, 0.4) is 0 Å². The van der Waals surface area contributed by atoms with E-state index < -0.39 is 0 Å². The molecule has 2 aromatic rings. The van der Waals surface area contributed by atoms with E-state index in [-0.39, 0.29) is 10.6 Å². The Balaban J connectivity index is 2.49. The Kier molecular flexibility index (Phi) is 5.03. The second-order valence-electron chi connectivity index (χ2n) is 3.91. The summed E-state index contributed by atoms with van der Waals surface area (Å²) in [7, 11) is 1.63. The van der Waals surface area contributed by atoms with Gasteiger partial charge in [0, 0.05) is 14.5 Å². The molecule has 19 heavy (non-hydrogen) atoms. The van der Waals surface area contributed by atoms with E-state index in [1.165, 1.54) is 12.1 Å². The fraction of sp³-hybridized carbons (Fsp3) is 0.143. The largest absolute Gasteiger partial charge is 0.496 e. The van der Waals surface area contributed by atoms with Crippen molar-refractivity contribution in [2.45, 2.75) is 4.83 Å². The minimum Gasteiger partial charge on any atom is -0.496 e. The lowest BCUT2D eigenvalue weighted by atomic mass is 10.0. The van der Waals surface area contributed by atoms with E-state index in [0.29, 0.717) is 0 Å². The fourth-order valence-corrected chi connectivity index (χ4v) is 3.80. The molecule has 0 amide bonds. The average Bonchev–Trinajstić information content (AvgIpc) is 2.38. The molecule has 2 aromatic carbocycles. The number of benzene rings is 2. The highest BCUT2D eigenvalue weighted by molar-refractivity contribution is 9.11. The predicted octanol–water partition coefficient (Wildman–Crippen LogP) is 5.84. The molecular formula is C14H10Br3FO. The number of hydrogen-bond acceptors (Lipinski definition) is 1. The molecule has 0 aliphatic heterocycles. The number of hydrogen-bond donors (Lipinski definition) is 0. The second kappa shape index (κ2) is 6.37. The monoisotopic (exact) mass is 450 g/mol. The average molecular weight is 453 g/mol. The van der Waals surface area contributed by atoms with Crippen molar-refractivity contribution in [3.63, 3.8) is 0 Å². The van der Waals surface area contributed by atoms with Gasteiger partial charge in [-0.3, -0.25) is 0 Å². The maximum absolute atomic E-state index is 13.1. The summed E-state index contributed by atoms with van der Waals surface area (Å²) in [6.07, 6.45) is 0. The highest BCUT2D eigenvalue weighted by Crippen LogP contribution is 2.40. The molecule has 0 radical (unpaired) electrons. The van der Waals surface area contributed by atoms with E-state index in [2.05, 4.69) is 47.8 Å². The standard InChI is InChI=1S/C14H10Br3FO/c1-19-13-5-2-8(15)6-11(13)14(17)10-4-3-9(18)7-12(10)16/h2-7,14H,1H3. The van der Waals surface area contributed by atoms with Crippen molar-refractivity contribution >= 4 is 47.8 Å². The summed E-state index contributed by atoms with van der Waals surface area (Å²) in [6.45, 7) is 0. The summed E-state index contributed by atoms with van der Waals surface area (Å²) in [4.78, 5) is -0.0880. The van der Waals surface area contributed by atoms with Gasteiger partial charge in [0.15, 0.2) is 0 Å². The third-order valence-electron chi connectivity index (χ3n) is 2.70. The Labute approximate surface area is 136 Å². The van der Waals surface area contributed by atoms with Crippen LogP contribution in [0, 0.1) is 5.82 Å². The molecule has 0 bridgehead atoms. The lowest BCUT2D eigenvalue weighted by molar-refractivity contribution is 0.410. The summed E-state index contributed by atoms with van der Waals surface area (Å²) in [5, 5.41) is 0. The number of methoxy groups -OCH3 is 1. The van der Waals surface area contributed by atoms with Gasteiger partial charge in [0.2, 0.25) is 0 Å². The zero-order valence-electron chi connectivity index (χ0n) is 9.96. The molecule has 5 heteroatoms. The molecule has 0 saturated carbocycles. The SMILES string of the molecule is COc1ccc(Br)cc1C(Br)c1ccc(F)cc1Br. The van der Waals surface area contributed by atoms with E-state index in [1.54, 1.807) is 13.2 Å². The van der Waals surface area contributed by atoms with E-state index in [1.807, 2.05) is 18.2 Å². The Morgan fingerprint density at radius 1 is 1.05 bits per heavy atom. The number of alkyl halides is 1. The van der Waals surface area contributed by atoms with E-state index >= 15 is 0 Å². The molecule has 0 saturated heterocycles. The van der Waals surface area contributed by atoms with Crippen molar-refractivity contribution in [3.05, 3.63) is 62.3 Å². The summed E-state index contributed by atoms with van der Waals surface area (Å²) in [5.74, 6) is 0.512. The highest BCUT2D eigenvalue weighted by Gasteiger charge is 2.18. The Morgan fingerprint density at radius 2 is 1.79 bits per heavy atom. The molecule has 0 heterocycles. The molecule has 0 aliphatic rings. The molecule has 100 valence electrons. The smallest absolute Gasteiger partial charge is 0.124 e. The van der Waals surface area contributed by atoms with Crippen LogP contribution in [0.4, 0.5) is 4.39 Å². The van der Waals surface area contributed by atoms with Crippen molar-refractivity contribution in [1.29, 1.82) is 0 Å². The molecule has 0 aromatic heterocycles. The minimum absolute atomic E-state index is 0.0880. The zero-order chi connectivity index (χ0) is 14.0. The van der Waals surface area contributed by atoms with Gasteiger partial charge in [-0.25, -0.2) is 4.39 Å². The molecule has 2 rings (SSSR count). The lowest BCUT2D eigenvalue weighted by Crippen LogP contribution is -1.98. The minimum atomic E-state index is -0.267. The van der Waals surface area contributed by atoms with Gasteiger partial charge in [0.25, 0.3) is 0 Å². The first-order chi connectivity index (χ1) is 9.02. The molecule has 1 nitrogen and oxygen atoms in total. The van der Waals surface area contributed by atoms with Crippen molar-refractivity contribution in [3.8, 4) is 5.75 Å². The summed E-state index contributed by atoms with van der Waals surface area (Å²) < 4.78 is 20.2. The van der Waals surface area contributed by atoms with E-state index in [0.717, 1.165) is 25.8 Å². The normalized spacial score (nSPS) is 12.3. The molecule has 0 N–H and O–H groups in total. The molecule has 0 spiro atoms. The first kappa shape index (κ1) is 15.0. The molecule has 0 fully saturated rings. The van der Waals surface area contributed by atoms with Crippen LogP contribution in [0.5, 0.6) is 5.75 Å². The maximum atomic E-state index is 13.1. The van der Waals surface area contributed by atoms with Crippen LogP contribution < -0.4 is 4.74 Å². The van der Waals surface area contributed by atoms with Crippen molar-refractivity contribution in [2.24, 2.45) is 0 Å². The van der Waals surface area contributed by atoms with Crippen molar-refractivity contribution < 1.29 is 9.13 Å². The van der Waals surface area contributed by atoms with Crippen LogP contribution in [0.15, 0.2) is 45.3 Å².